The van der Waals surface area contributed by atoms with Crippen LogP contribution in [0.1, 0.15) is 49.1 Å². The van der Waals surface area contributed by atoms with Crippen LogP contribution in [0.15, 0.2) is 35.5 Å². The number of rotatable bonds is 8. The largest absolute Gasteiger partial charge is 0.379 e. The maximum atomic E-state index is 5.49. The minimum absolute atomic E-state index is 0.399. The molecular weight excluding hydrogens is 388 g/mol. The highest BCUT2D eigenvalue weighted by Crippen LogP contribution is 2.19. The van der Waals surface area contributed by atoms with Gasteiger partial charge in [-0.05, 0) is 24.0 Å². The summed E-state index contributed by atoms with van der Waals surface area (Å²) in [6.45, 7) is 13.4. The Hall–Kier alpha value is -2.38. The zero-order valence-electron chi connectivity index (χ0n) is 19.8. The molecule has 0 unspecified atom stereocenters. The van der Waals surface area contributed by atoms with Crippen molar-refractivity contribution in [3.8, 4) is 0 Å². The van der Waals surface area contributed by atoms with Crippen molar-refractivity contribution in [2.75, 3.05) is 39.9 Å². The van der Waals surface area contributed by atoms with Gasteiger partial charge in [0.2, 0.25) is 0 Å². The average molecular weight is 427 g/mol. The first-order chi connectivity index (χ1) is 15.0. The van der Waals surface area contributed by atoms with Gasteiger partial charge in [0, 0.05) is 58.6 Å². The van der Waals surface area contributed by atoms with Gasteiger partial charge in [0.1, 0.15) is 0 Å². The Kier molecular flexibility index (Phi) is 8.49. The van der Waals surface area contributed by atoms with Gasteiger partial charge in [0.15, 0.2) is 5.96 Å². The van der Waals surface area contributed by atoms with E-state index < -0.39 is 0 Å². The topological polar surface area (TPSA) is 57.9 Å². The molecule has 0 radical (unpaired) electrons. The number of nitrogens with zero attached hydrogens (tertiary/aromatic N) is 5. The van der Waals surface area contributed by atoms with E-state index in [9.17, 15) is 0 Å². The Morgan fingerprint density at radius 1 is 1.19 bits per heavy atom. The van der Waals surface area contributed by atoms with E-state index >= 15 is 0 Å². The number of aliphatic imine (C=N–C) groups is 1. The Balaban J connectivity index is 1.72. The van der Waals surface area contributed by atoms with Crippen molar-refractivity contribution in [3.63, 3.8) is 0 Å². The van der Waals surface area contributed by atoms with Crippen molar-refractivity contribution < 1.29 is 4.74 Å². The van der Waals surface area contributed by atoms with Crippen molar-refractivity contribution in [1.82, 2.24) is 24.9 Å². The highest BCUT2D eigenvalue weighted by atomic mass is 16.5. The molecule has 0 saturated carbocycles. The first kappa shape index (κ1) is 23.3. The molecule has 1 saturated heterocycles. The third kappa shape index (κ3) is 6.55. The second-order valence-electron chi connectivity index (χ2n) is 8.55. The van der Waals surface area contributed by atoms with Crippen LogP contribution in [0.2, 0.25) is 0 Å². The molecule has 7 heteroatoms. The molecule has 2 heterocycles. The molecule has 0 bridgehead atoms. The number of guanidine groups is 1. The summed E-state index contributed by atoms with van der Waals surface area (Å²) in [4.78, 5) is 9.62. The van der Waals surface area contributed by atoms with Gasteiger partial charge in [0.25, 0.3) is 0 Å². The van der Waals surface area contributed by atoms with Crippen molar-refractivity contribution in [2.24, 2.45) is 12.0 Å². The van der Waals surface area contributed by atoms with Crippen LogP contribution >= 0.6 is 0 Å². The van der Waals surface area contributed by atoms with Gasteiger partial charge in [-0.1, -0.05) is 38.1 Å². The zero-order chi connectivity index (χ0) is 22.2. The normalized spacial score (nSPS) is 15.5. The van der Waals surface area contributed by atoms with Crippen molar-refractivity contribution in [3.05, 3.63) is 52.8 Å². The molecule has 170 valence electrons. The van der Waals surface area contributed by atoms with Gasteiger partial charge in [-0.15, -0.1) is 0 Å². The second-order valence-corrected chi connectivity index (χ2v) is 8.55. The van der Waals surface area contributed by atoms with Crippen molar-refractivity contribution in [1.29, 1.82) is 0 Å². The molecule has 0 aliphatic carbocycles. The second kappa shape index (κ2) is 11.3. The summed E-state index contributed by atoms with van der Waals surface area (Å²) in [5.74, 6) is 1.32. The molecular formula is C24H38N6O. The average Bonchev–Trinajstić information content (AvgIpc) is 3.13. The highest BCUT2D eigenvalue weighted by molar-refractivity contribution is 5.79. The Morgan fingerprint density at radius 3 is 2.58 bits per heavy atom. The fourth-order valence-corrected chi connectivity index (χ4v) is 3.99. The first-order valence-corrected chi connectivity index (χ1v) is 11.4. The standard InChI is InChI=1S/C24H38N6O/c1-6-25-24(28(4)16-22-17-29(5)27-23(22)19(2)3)26-15-20-9-7-8-10-21(20)18-30-11-13-31-14-12-30/h7-10,17,19H,6,11-16,18H2,1-5H3,(H,25,26). The summed E-state index contributed by atoms with van der Waals surface area (Å²) in [5, 5.41) is 8.10. The molecule has 1 fully saturated rings. The van der Waals surface area contributed by atoms with Crippen LogP contribution in [0.4, 0.5) is 0 Å². The van der Waals surface area contributed by atoms with Gasteiger partial charge in [-0.2, -0.15) is 5.10 Å². The quantitative estimate of drug-likeness (QED) is 0.520. The maximum Gasteiger partial charge on any atom is 0.194 e. The number of benzene rings is 1. The highest BCUT2D eigenvalue weighted by Gasteiger charge is 2.16. The Morgan fingerprint density at radius 2 is 1.90 bits per heavy atom. The lowest BCUT2D eigenvalue weighted by Gasteiger charge is -2.27. The number of hydrogen-bond donors (Lipinski definition) is 1. The molecule has 2 aromatic rings. The van der Waals surface area contributed by atoms with E-state index in [1.54, 1.807) is 0 Å². The van der Waals surface area contributed by atoms with Gasteiger partial charge in [-0.3, -0.25) is 9.58 Å². The molecule has 1 N–H and O–H groups in total. The molecule has 0 amide bonds. The third-order valence-electron chi connectivity index (χ3n) is 5.60. The van der Waals surface area contributed by atoms with Crippen molar-refractivity contribution in [2.45, 2.75) is 46.3 Å². The van der Waals surface area contributed by atoms with Gasteiger partial charge in [0.05, 0.1) is 25.5 Å². The number of morpholine rings is 1. The molecule has 1 aliphatic heterocycles. The van der Waals surface area contributed by atoms with Crippen LogP contribution < -0.4 is 5.32 Å². The van der Waals surface area contributed by atoms with E-state index in [0.29, 0.717) is 12.5 Å². The van der Waals surface area contributed by atoms with E-state index in [0.717, 1.165) is 57.6 Å². The molecule has 0 spiro atoms. The molecule has 1 aromatic heterocycles. The number of nitrogens with one attached hydrogen (secondary N) is 1. The monoisotopic (exact) mass is 426 g/mol. The van der Waals surface area contributed by atoms with Crippen LogP contribution in [-0.4, -0.2) is 65.4 Å². The predicted octanol–water partition coefficient (Wildman–Crippen LogP) is 2.97. The van der Waals surface area contributed by atoms with Gasteiger partial charge in [-0.25, -0.2) is 4.99 Å². The van der Waals surface area contributed by atoms with Crippen LogP contribution in [0.3, 0.4) is 0 Å². The minimum atomic E-state index is 0.399. The molecule has 1 aliphatic rings. The fourth-order valence-electron chi connectivity index (χ4n) is 3.99. The fraction of sp³-hybridized carbons (Fsp3) is 0.583. The lowest BCUT2D eigenvalue weighted by Crippen LogP contribution is -2.38. The van der Waals surface area contributed by atoms with Crippen LogP contribution in [-0.2, 0) is 31.4 Å². The lowest BCUT2D eigenvalue weighted by molar-refractivity contribution is 0.0341. The molecule has 31 heavy (non-hydrogen) atoms. The molecule has 3 rings (SSSR count). The number of aromatic nitrogens is 2. The van der Waals surface area contributed by atoms with E-state index in [2.05, 4.69) is 78.5 Å². The summed E-state index contributed by atoms with van der Waals surface area (Å²) < 4.78 is 7.40. The summed E-state index contributed by atoms with van der Waals surface area (Å²) in [6.07, 6.45) is 2.12. The van der Waals surface area contributed by atoms with E-state index in [-0.39, 0.29) is 0 Å². The van der Waals surface area contributed by atoms with E-state index in [1.165, 1.54) is 16.7 Å². The minimum Gasteiger partial charge on any atom is -0.379 e. The summed E-state index contributed by atoms with van der Waals surface area (Å²) in [5.41, 5.74) is 5.03. The van der Waals surface area contributed by atoms with Crippen LogP contribution in [0.25, 0.3) is 0 Å². The Labute approximate surface area is 187 Å². The number of aryl methyl sites for hydroxylation is 1. The molecule has 1 aromatic carbocycles. The van der Waals surface area contributed by atoms with Gasteiger partial charge < -0.3 is 15.0 Å². The van der Waals surface area contributed by atoms with E-state index in [1.807, 2.05) is 11.7 Å². The summed E-state index contributed by atoms with van der Waals surface area (Å²) >= 11 is 0. The Bertz CT molecular complexity index is 854. The number of hydrogen-bond acceptors (Lipinski definition) is 4. The summed E-state index contributed by atoms with van der Waals surface area (Å²) in [7, 11) is 4.08. The third-order valence-corrected chi connectivity index (χ3v) is 5.60. The zero-order valence-corrected chi connectivity index (χ0v) is 19.8. The van der Waals surface area contributed by atoms with Crippen LogP contribution in [0, 0.1) is 0 Å². The smallest absolute Gasteiger partial charge is 0.194 e. The molecule has 0 atom stereocenters. The molecule has 7 nitrogen and oxygen atoms in total. The number of ether oxygens (including phenoxy) is 1. The van der Waals surface area contributed by atoms with Crippen LogP contribution in [0.5, 0.6) is 0 Å². The van der Waals surface area contributed by atoms with E-state index in [4.69, 9.17) is 9.73 Å². The lowest BCUT2D eigenvalue weighted by atomic mass is 10.1. The summed E-state index contributed by atoms with van der Waals surface area (Å²) in [6, 6.07) is 8.65. The maximum absolute atomic E-state index is 5.49. The SMILES string of the molecule is CCNC(=NCc1ccccc1CN1CCOCC1)N(C)Cc1cn(C)nc1C(C)C. The predicted molar refractivity (Wildman–Crippen MR) is 126 cm³/mol. The van der Waals surface area contributed by atoms with Gasteiger partial charge >= 0.3 is 0 Å². The van der Waals surface area contributed by atoms with Crippen molar-refractivity contribution >= 4 is 5.96 Å². The first-order valence-electron chi connectivity index (χ1n) is 11.4.